The first-order valence-electron chi connectivity index (χ1n) is 8.56. The Balaban J connectivity index is 1.71. The first-order valence-corrected chi connectivity index (χ1v) is 8.56. The molecule has 0 atom stereocenters. The lowest BCUT2D eigenvalue weighted by atomic mass is 10.2. The lowest BCUT2D eigenvalue weighted by Gasteiger charge is -2.18. The van der Waals surface area contributed by atoms with Gasteiger partial charge in [-0.15, -0.1) is 0 Å². The predicted octanol–water partition coefficient (Wildman–Crippen LogP) is 2.48. The fourth-order valence-electron chi connectivity index (χ4n) is 3.30. The molecule has 0 spiro atoms. The van der Waals surface area contributed by atoms with Crippen molar-refractivity contribution in [3.05, 3.63) is 52.7 Å². The Morgan fingerprint density at radius 2 is 1.79 bits per heavy atom. The zero-order valence-corrected chi connectivity index (χ0v) is 13.6. The van der Waals surface area contributed by atoms with Crippen molar-refractivity contribution in [2.45, 2.75) is 32.2 Å². The Morgan fingerprint density at radius 1 is 1.04 bits per heavy atom. The van der Waals surface area contributed by atoms with Crippen LogP contribution in [0.2, 0.25) is 0 Å². The van der Waals surface area contributed by atoms with E-state index in [4.69, 9.17) is 4.98 Å². The number of nitrogens with one attached hydrogen (secondary N) is 1. The fraction of sp³-hybridized carbons (Fsp3) is 0.389. The molecule has 1 fully saturated rings. The van der Waals surface area contributed by atoms with Crippen LogP contribution in [0, 0.1) is 0 Å². The number of para-hydroxylation sites is 1. The Hall–Kier alpha value is -2.47. The minimum absolute atomic E-state index is 0.119. The van der Waals surface area contributed by atoms with Crippen molar-refractivity contribution in [3.63, 3.8) is 0 Å². The van der Waals surface area contributed by atoms with Crippen LogP contribution in [0.25, 0.3) is 16.7 Å². The summed E-state index contributed by atoms with van der Waals surface area (Å²) in [6.45, 7) is 2.82. The van der Waals surface area contributed by atoms with E-state index >= 15 is 0 Å². The average Bonchev–Trinajstić information content (AvgIpc) is 2.86. The third-order valence-corrected chi connectivity index (χ3v) is 4.56. The Kier molecular flexibility index (Phi) is 4.13. The van der Waals surface area contributed by atoms with E-state index in [1.54, 1.807) is 10.9 Å². The predicted molar refractivity (Wildman–Crippen MR) is 93.2 cm³/mol. The second-order valence-electron chi connectivity index (χ2n) is 6.33. The van der Waals surface area contributed by atoms with E-state index < -0.39 is 0 Å². The molecule has 0 amide bonds. The monoisotopic (exact) mass is 323 g/mol. The lowest BCUT2D eigenvalue weighted by Crippen LogP contribution is -2.26. The van der Waals surface area contributed by atoms with Gasteiger partial charge in [-0.05, 0) is 38.1 Å². The third-order valence-electron chi connectivity index (χ3n) is 4.56. The lowest BCUT2D eigenvalue weighted by molar-refractivity contribution is 0.270. The minimum Gasteiger partial charge on any atom is -0.309 e. The van der Waals surface area contributed by atoms with E-state index in [9.17, 15) is 4.79 Å². The van der Waals surface area contributed by atoms with Crippen LogP contribution in [0.1, 0.15) is 31.5 Å². The van der Waals surface area contributed by atoms with E-state index in [-0.39, 0.29) is 5.56 Å². The minimum atomic E-state index is -0.119. The van der Waals surface area contributed by atoms with Crippen LogP contribution in [0.4, 0.5) is 0 Å². The smallest absolute Gasteiger partial charge is 0.262 e. The van der Waals surface area contributed by atoms with Crippen LogP contribution in [0.15, 0.2) is 41.3 Å². The van der Waals surface area contributed by atoms with Gasteiger partial charge in [0.25, 0.3) is 5.56 Å². The zero-order chi connectivity index (χ0) is 16.4. The summed E-state index contributed by atoms with van der Waals surface area (Å²) < 4.78 is 1.73. The highest BCUT2D eigenvalue weighted by molar-refractivity contribution is 5.75. The molecule has 124 valence electrons. The molecule has 3 aromatic rings. The molecule has 0 saturated carbocycles. The van der Waals surface area contributed by atoms with E-state index in [1.807, 2.05) is 30.3 Å². The number of fused-ring (bicyclic) bond motifs is 1. The average molecular weight is 323 g/mol. The summed E-state index contributed by atoms with van der Waals surface area (Å²) >= 11 is 0. The summed E-state index contributed by atoms with van der Waals surface area (Å²) in [6.07, 6.45) is 6.60. The van der Waals surface area contributed by atoms with Crippen molar-refractivity contribution in [3.8, 4) is 5.69 Å². The molecular weight excluding hydrogens is 302 g/mol. The van der Waals surface area contributed by atoms with Crippen molar-refractivity contribution in [2.75, 3.05) is 13.1 Å². The first-order chi connectivity index (χ1) is 11.8. The molecule has 2 aromatic heterocycles. The summed E-state index contributed by atoms with van der Waals surface area (Å²) in [7, 11) is 0. The molecule has 0 radical (unpaired) electrons. The highest BCUT2D eigenvalue weighted by Gasteiger charge is 2.14. The second-order valence-corrected chi connectivity index (χ2v) is 6.33. The van der Waals surface area contributed by atoms with Crippen LogP contribution in [-0.4, -0.2) is 37.7 Å². The number of aromatic nitrogens is 4. The summed E-state index contributed by atoms with van der Waals surface area (Å²) in [5.74, 6) is 0.715. The first kappa shape index (κ1) is 15.1. The molecule has 1 aromatic carbocycles. The maximum absolute atomic E-state index is 12.4. The van der Waals surface area contributed by atoms with Crippen molar-refractivity contribution in [1.29, 1.82) is 0 Å². The van der Waals surface area contributed by atoms with Gasteiger partial charge < -0.3 is 4.98 Å². The quantitative estimate of drug-likeness (QED) is 0.804. The van der Waals surface area contributed by atoms with E-state index in [2.05, 4.69) is 15.0 Å². The molecule has 1 N–H and O–H groups in total. The van der Waals surface area contributed by atoms with Crippen LogP contribution in [0.5, 0.6) is 0 Å². The Labute approximate surface area is 140 Å². The molecule has 6 nitrogen and oxygen atoms in total. The summed E-state index contributed by atoms with van der Waals surface area (Å²) in [5.41, 5.74) is 1.41. The summed E-state index contributed by atoms with van der Waals surface area (Å²) in [5, 5.41) is 4.88. The van der Waals surface area contributed by atoms with Gasteiger partial charge in [-0.1, -0.05) is 31.0 Å². The molecule has 0 unspecified atom stereocenters. The van der Waals surface area contributed by atoms with Gasteiger partial charge in [0.2, 0.25) is 0 Å². The molecule has 6 heteroatoms. The van der Waals surface area contributed by atoms with E-state index in [1.165, 1.54) is 25.7 Å². The molecule has 3 heterocycles. The van der Waals surface area contributed by atoms with E-state index in [0.717, 1.165) is 18.8 Å². The van der Waals surface area contributed by atoms with Crippen molar-refractivity contribution in [2.24, 2.45) is 0 Å². The molecule has 1 aliphatic heterocycles. The maximum Gasteiger partial charge on any atom is 0.262 e. The Morgan fingerprint density at radius 3 is 2.54 bits per heavy atom. The summed E-state index contributed by atoms with van der Waals surface area (Å²) in [6, 6.07) is 9.79. The third kappa shape index (κ3) is 2.97. The number of H-pyrrole nitrogens is 1. The molecule has 4 rings (SSSR count). The molecule has 1 saturated heterocycles. The number of hydrogen-bond donors (Lipinski definition) is 1. The van der Waals surface area contributed by atoms with Crippen LogP contribution in [0.3, 0.4) is 0 Å². The van der Waals surface area contributed by atoms with Gasteiger partial charge in [0.15, 0.2) is 5.65 Å². The number of benzene rings is 1. The molecule has 0 bridgehead atoms. The highest BCUT2D eigenvalue weighted by atomic mass is 16.1. The van der Waals surface area contributed by atoms with Crippen LogP contribution < -0.4 is 5.56 Å². The number of likely N-dealkylation sites (tertiary alicyclic amines) is 1. The van der Waals surface area contributed by atoms with Gasteiger partial charge >= 0.3 is 0 Å². The summed E-state index contributed by atoms with van der Waals surface area (Å²) in [4.78, 5) is 22.4. The van der Waals surface area contributed by atoms with Gasteiger partial charge in [-0.25, -0.2) is 9.67 Å². The Bertz CT molecular complexity index is 875. The van der Waals surface area contributed by atoms with Gasteiger partial charge in [-0.2, -0.15) is 5.10 Å². The van der Waals surface area contributed by atoms with Crippen molar-refractivity contribution >= 4 is 11.0 Å². The topological polar surface area (TPSA) is 66.8 Å². The SMILES string of the molecule is O=c1[nH]c(CN2CCCCCC2)nc2c1cnn2-c1ccccc1. The van der Waals surface area contributed by atoms with Crippen molar-refractivity contribution < 1.29 is 0 Å². The number of nitrogens with zero attached hydrogens (tertiary/aromatic N) is 4. The fourth-order valence-corrected chi connectivity index (χ4v) is 3.30. The largest absolute Gasteiger partial charge is 0.309 e. The second kappa shape index (κ2) is 6.57. The van der Waals surface area contributed by atoms with Gasteiger partial charge in [0.1, 0.15) is 11.2 Å². The molecular formula is C18H21N5O. The van der Waals surface area contributed by atoms with Crippen molar-refractivity contribution in [1.82, 2.24) is 24.6 Å². The van der Waals surface area contributed by atoms with Gasteiger partial charge in [0.05, 0.1) is 18.4 Å². The standard InChI is InChI=1S/C18H21N5O/c24-18-15-12-19-23(14-8-4-3-5-9-14)17(15)20-16(21-18)13-22-10-6-1-2-7-11-22/h3-5,8-9,12H,1-2,6-7,10-11,13H2,(H,20,21,24). The van der Waals surface area contributed by atoms with Gasteiger partial charge in [0, 0.05) is 0 Å². The number of rotatable bonds is 3. The van der Waals surface area contributed by atoms with E-state index in [0.29, 0.717) is 23.4 Å². The molecule has 1 aliphatic rings. The normalized spacial score (nSPS) is 16.3. The molecule has 24 heavy (non-hydrogen) atoms. The van der Waals surface area contributed by atoms with Crippen LogP contribution >= 0.6 is 0 Å². The van der Waals surface area contributed by atoms with Crippen LogP contribution in [-0.2, 0) is 6.54 Å². The maximum atomic E-state index is 12.4. The van der Waals surface area contributed by atoms with Gasteiger partial charge in [-0.3, -0.25) is 9.69 Å². The number of aromatic amines is 1. The number of hydrogen-bond acceptors (Lipinski definition) is 4. The highest BCUT2D eigenvalue weighted by Crippen LogP contribution is 2.15. The molecule has 0 aliphatic carbocycles. The zero-order valence-electron chi connectivity index (χ0n) is 13.6.